The third-order valence-electron chi connectivity index (χ3n) is 3.31. The van der Waals surface area contributed by atoms with Crippen LogP contribution in [0.15, 0.2) is 48.5 Å². The molecule has 0 bridgehead atoms. The number of rotatable bonds is 6. The van der Waals surface area contributed by atoms with E-state index < -0.39 is 23.7 Å². The number of halogens is 1. The first-order chi connectivity index (χ1) is 11.0. The van der Waals surface area contributed by atoms with E-state index in [1.54, 1.807) is 24.3 Å². The second-order valence-corrected chi connectivity index (χ2v) is 4.89. The van der Waals surface area contributed by atoms with Gasteiger partial charge in [0.2, 0.25) is 0 Å². The Kier molecular flexibility index (Phi) is 5.30. The number of methoxy groups -OCH3 is 1. The molecule has 120 valence electrons. The summed E-state index contributed by atoms with van der Waals surface area (Å²) in [5.74, 6) is -1.85. The van der Waals surface area contributed by atoms with Gasteiger partial charge >= 0.3 is 5.97 Å². The molecule has 1 atom stereocenters. The first-order valence-electron chi connectivity index (χ1n) is 6.92. The van der Waals surface area contributed by atoms with Crippen LogP contribution >= 0.6 is 0 Å². The Balaban J connectivity index is 2.16. The molecule has 23 heavy (non-hydrogen) atoms. The lowest BCUT2D eigenvalue weighted by Gasteiger charge is -2.16. The number of carbonyl (C=O) groups is 2. The largest absolute Gasteiger partial charge is 0.496 e. The molecule has 6 heteroatoms. The molecular weight excluding hydrogens is 301 g/mol. The Morgan fingerprint density at radius 2 is 1.96 bits per heavy atom. The van der Waals surface area contributed by atoms with Gasteiger partial charge in [-0.3, -0.25) is 4.79 Å². The monoisotopic (exact) mass is 317 g/mol. The van der Waals surface area contributed by atoms with Crippen LogP contribution in [0.4, 0.5) is 4.39 Å². The van der Waals surface area contributed by atoms with E-state index >= 15 is 0 Å². The molecule has 0 fully saturated rings. The topological polar surface area (TPSA) is 75.6 Å². The van der Waals surface area contributed by atoms with Gasteiger partial charge in [-0.15, -0.1) is 0 Å². The molecule has 0 aromatic heterocycles. The number of amides is 1. The van der Waals surface area contributed by atoms with Crippen molar-refractivity contribution in [3.05, 3.63) is 65.5 Å². The summed E-state index contributed by atoms with van der Waals surface area (Å²) in [4.78, 5) is 23.5. The number of ether oxygens (including phenoxy) is 1. The van der Waals surface area contributed by atoms with Crippen LogP contribution in [0.5, 0.6) is 5.75 Å². The van der Waals surface area contributed by atoms with Gasteiger partial charge in [0.05, 0.1) is 7.11 Å². The lowest BCUT2D eigenvalue weighted by molar-refractivity contribution is -0.139. The van der Waals surface area contributed by atoms with Gasteiger partial charge in [-0.05, 0) is 29.8 Å². The fourth-order valence-corrected chi connectivity index (χ4v) is 2.16. The number of carbonyl (C=O) groups excluding carboxylic acids is 1. The molecule has 1 amide bonds. The third kappa shape index (κ3) is 4.29. The Labute approximate surface area is 132 Å². The second-order valence-electron chi connectivity index (χ2n) is 4.89. The van der Waals surface area contributed by atoms with Gasteiger partial charge < -0.3 is 15.2 Å². The minimum Gasteiger partial charge on any atom is -0.496 e. The molecule has 2 aromatic rings. The van der Waals surface area contributed by atoms with E-state index in [1.807, 2.05) is 0 Å². The highest BCUT2D eigenvalue weighted by Gasteiger charge is 2.22. The van der Waals surface area contributed by atoms with Gasteiger partial charge in [0.1, 0.15) is 17.6 Å². The molecule has 0 unspecified atom stereocenters. The van der Waals surface area contributed by atoms with Crippen molar-refractivity contribution in [1.29, 1.82) is 0 Å². The average Bonchev–Trinajstić information content (AvgIpc) is 2.54. The van der Waals surface area contributed by atoms with Gasteiger partial charge in [-0.25, -0.2) is 9.18 Å². The molecule has 0 heterocycles. The van der Waals surface area contributed by atoms with Crippen molar-refractivity contribution in [1.82, 2.24) is 5.32 Å². The normalized spacial score (nSPS) is 11.6. The summed E-state index contributed by atoms with van der Waals surface area (Å²) in [6, 6.07) is 10.9. The fourth-order valence-electron chi connectivity index (χ4n) is 2.16. The molecule has 2 rings (SSSR count). The summed E-state index contributed by atoms with van der Waals surface area (Å²) in [5.41, 5.74) is 0.721. The predicted molar refractivity (Wildman–Crippen MR) is 82.0 cm³/mol. The highest BCUT2D eigenvalue weighted by Crippen LogP contribution is 2.19. The van der Waals surface area contributed by atoms with E-state index in [2.05, 4.69) is 5.32 Å². The minimum absolute atomic E-state index is 0.0560. The van der Waals surface area contributed by atoms with E-state index in [-0.39, 0.29) is 12.0 Å². The summed E-state index contributed by atoms with van der Waals surface area (Å²) in [6.45, 7) is 0. The first kappa shape index (κ1) is 16.5. The molecule has 5 nitrogen and oxygen atoms in total. The zero-order chi connectivity index (χ0) is 16.8. The highest BCUT2D eigenvalue weighted by atomic mass is 19.1. The van der Waals surface area contributed by atoms with E-state index in [0.29, 0.717) is 11.3 Å². The van der Waals surface area contributed by atoms with Crippen LogP contribution < -0.4 is 10.1 Å². The Hall–Kier alpha value is -2.89. The van der Waals surface area contributed by atoms with Crippen molar-refractivity contribution in [2.24, 2.45) is 0 Å². The summed E-state index contributed by atoms with van der Waals surface area (Å²) in [5, 5.41) is 11.7. The van der Waals surface area contributed by atoms with Crippen molar-refractivity contribution in [2.45, 2.75) is 12.5 Å². The quantitative estimate of drug-likeness (QED) is 0.857. The number of aliphatic carboxylic acids is 1. The molecule has 0 saturated carbocycles. The van der Waals surface area contributed by atoms with Gasteiger partial charge in [-0.2, -0.15) is 0 Å². The predicted octanol–water partition coefficient (Wildman–Crippen LogP) is 2.26. The maximum Gasteiger partial charge on any atom is 0.326 e. The fraction of sp³-hybridized carbons (Fsp3) is 0.176. The molecular formula is C17H16FNO4. The van der Waals surface area contributed by atoms with Crippen LogP contribution in [0.25, 0.3) is 0 Å². The van der Waals surface area contributed by atoms with Crippen molar-refractivity contribution in [2.75, 3.05) is 7.11 Å². The van der Waals surface area contributed by atoms with E-state index in [9.17, 15) is 19.1 Å². The lowest BCUT2D eigenvalue weighted by atomic mass is 10.0. The van der Waals surface area contributed by atoms with Gasteiger partial charge in [-0.1, -0.05) is 24.3 Å². The standard InChI is InChI=1S/C17H16FNO4/c1-23-15-8-3-2-5-11(15)10-14(17(21)22)19-16(20)12-6-4-7-13(18)9-12/h2-9,14H,10H2,1H3,(H,19,20)(H,21,22)/t14-/m1/s1. The van der Waals surface area contributed by atoms with Crippen molar-refractivity contribution >= 4 is 11.9 Å². The number of hydrogen-bond acceptors (Lipinski definition) is 3. The maximum atomic E-state index is 13.2. The summed E-state index contributed by atoms with van der Waals surface area (Å²) in [7, 11) is 1.49. The Bertz CT molecular complexity index is 717. The van der Waals surface area contributed by atoms with E-state index in [4.69, 9.17) is 4.74 Å². The molecule has 2 aromatic carbocycles. The number of benzene rings is 2. The second kappa shape index (κ2) is 7.40. The van der Waals surface area contributed by atoms with Crippen LogP contribution in [0.2, 0.25) is 0 Å². The smallest absolute Gasteiger partial charge is 0.326 e. The summed E-state index contributed by atoms with van der Waals surface area (Å²) < 4.78 is 18.3. The maximum absolute atomic E-state index is 13.2. The van der Waals surface area contributed by atoms with E-state index in [0.717, 1.165) is 6.07 Å². The van der Waals surface area contributed by atoms with Crippen LogP contribution in [-0.4, -0.2) is 30.1 Å². The number of carboxylic acids is 1. The zero-order valence-corrected chi connectivity index (χ0v) is 12.5. The van der Waals surface area contributed by atoms with Crippen LogP contribution in [-0.2, 0) is 11.2 Å². The molecule has 0 saturated heterocycles. The van der Waals surface area contributed by atoms with E-state index in [1.165, 1.54) is 25.3 Å². The Morgan fingerprint density at radius 1 is 1.22 bits per heavy atom. The SMILES string of the molecule is COc1ccccc1C[C@@H](NC(=O)c1cccc(F)c1)C(=O)O. The molecule has 0 aliphatic heterocycles. The number of hydrogen-bond donors (Lipinski definition) is 2. The summed E-state index contributed by atoms with van der Waals surface area (Å²) in [6.07, 6.45) is 0.0560. The van der Waals surface area contributed by atoms with Gasteiger partial charge in [0.15, 0.2) is 0 Å². The number of nitrogens with one attached hydrogen (secondary N) is 1. The van der Waals surface area contributed by atoms with Crippen molar-refractivity contribution in [3.8, 4) is 5.75 Å². The zero-order valence-electron chi connectivity index (χ0n) is 12.5. The van der Waals surface area contributed by atoms with Crippen LogP contribution in [0, 0.1) is 5.82 Å². The van der Waals surface area contributed by atoms with Crippen molar-refractivity contribution in [3.63, 3.8) is 0 Å². The number of para-hydroxylation sites is 1. The van der Waals surface area contributed by atoms with Gasteiger partial charge in [0.25, 0.3) is 5.91 Å². The molecule has 0 aliphatic carbocycles. The number of carboxylic acid groups (broad SMARTS) is 1. The minimum atomic E-state index is -1.18. The Morgan fingerprint density at radius 3 is 2.61 bits per heavy atom. The van der Waals surface area contributed by atoms with Crippen LogP contribution in [0.3, 0.4) is 0 Å². The molecule has 0 spiro atoms. The molecule has 2 N–H and O–H groups in total. The first-order valence-corrected chi connectivity index (χ1v) is 6.92. The summed E-state index contributed by atoms with van der Waals surface area (Å²) >= 11 is 0. The third-order valence-corrected chi connectivity index (χ3v) is 3.31. The highest BCUT2D eigenvalue weighted by molar-refractivity contribution is 5.96. The van der Waals surface area contributed by atoms with Gasteiger partial charge in [0, 0.05) is 12.0 Å². The lowest BCUT2D eigenvalue weighted by Crippen LogP contribution is -2.42. The van der Waals surface area contributed by atoms with Crippen LogP contribution in [0.1, 0.15) is 15.9 Å². The molecule has 0 radical (unpaired) electrons. The van der Waals surface area contributed by atoms with Crippen molar-refractivity contribution < 1.29 is 23.8 Å². The molecule has 0 aliphatic rings. The average molecular weight is 317 g/mol.